The Morgan fingerprint density at radius 1 is 1.43 bits per heavy atom. The summed E-state index contributed by atoms with van der Waals surface area (Å²) in [5.41, 5.74) is 1.01. The zero-order chi connectivity index (χ0) is 10.1. The van der Waals surface area contributed by atoms with Crippen LogP contribution in [0.3, 0.4) is 0 Å². The summed E-state index contributed by atoms with van der Waals surface area (Å²) in [6.07, 6.45) is 0. The van der Waals surface area contributed by atoms with Crippen LogP contribution in [0.25, 0.3) is 10.1 Å². The Hall–Kier alpha value is -0.220. The molecule has 1 aromatic heterocycles. The summed E-state index contributed by atoms with van der Waals surface area (Å²) in [6.45, 7) is 0.0502. The Bertz CT molecular complexity index is 464. The molecular formula is C10H9ClOS2. The number of thiophene rings is 1. The van der Waals surface area contributed by atoms with Gasteiger partial charge >= 0.3 is 0 Å². The van der Waals surface area contributed by atoms with Gasteiger partial charge in [-0.1, -0.05) is 6.07 Å². The van der Waals surface area contributed by atoms with E-state index < -0.39 is 0 Å². The normalized spacial score (nSPS) is 11.1. The maximum atomic E-state index is 9.17. The fraction of sp³-hybridized carbons (Fsp3) is 0.200. The Morgan fingerprint density at radius 3 is 2.86 bits per heavy atom. The zero-order valence-electron chi connectivity index (χ0n) is 7.33. The maximum absolute atomic E-state index is 9.17. The van der Waals surface area contributed by atoms with Gasteiger partial charge in [-0.25, -0.2) is 0 Å². The van der Waals surface area contributed by atoms with Crippen molar-refractivity contribution >= 4 is 45.7 Å². The van der Waals surface area contributed by atoms with Gasteiger partial charge in [0.25, 0.3) is 0 Å². The fourth-order valence-corrected chi connectivity index (χ4v) is 3.41. The van der Waals surface area contributed by atoms with E-state index in [1.165, 1.54) is 0 Å². The lowest BCUT2D eigenvalue weighted by atomic mass is 10.1. The van der Waals surface area contributed by atoms with Gasteiger partial charge < -0.3 is 5.11 Å². The minimum Gasteiger partial charge on any atom is -0.391 e. The van der Waals surface area contributed by atoms with Gasteiger partial charge in [-0.05, 0) is 17.7 Å². The smallest absolute Gasteiger partial charge is 0.0778 e. The number of benzene rings is 1. The van der Waals surface area contributed by atoms with Crippen molar-refractivity contribution in [2.24, 2.45) is 0 Å². The predicted molar refractivity (Wildman–Crippen MR) is 64.6 cm³/mol. The first kappa shape index (κ1) is 10.3. The van der Waals surface area contributed by atoms with Crippen LogP contribution in [0.15, 0.2) is 23.1 Å². The van der Waals surface area contributed by atoms with Crippen LogP contribution in [0.5, 0.6) is 0 Å². The average Bonchev–Trinajstić information content (AvgIpc) is 2.56. The molecule has 0 fully saturated rings. The van der Waals surface area contributed by atoms with E-state index >= 15 is 0 Å². The topological polar surface area (TPSA) is 20.2 Å². The van der Waals surface area contributed by atoms with Crippen LogP contribution < -0.4 is 0 Å². The number of thiol groups is 1. The molecule has 1 heterocycles. The summed E-state index contributed by atoms with van der Waals surface area (Å²) < 4.78 is 1.14. The van der Waals surface area contributed by atoms with Gasteiger partial charge in [0.2, 0.25) is 0 Å². The maximum Gasteiger partial charge on any atom is 0.0778 e. The second-order valence-corrected chi connectivity index (χ2v) is 4.83. The highest BCUT2D eigenvalue weighted by Crippen LogP contribution is 2.36. The van der Waals surface area contributed by atoms with Crippen LogP contribution in [-0.4, -0.2) is 5.11 Å². The van der Waals surface area contributed by atoms with Crippen LogP contribution in [0.2, 0.25) is 0 Å². The fourth-order valence-electron chi connectivity index (χ4n) is 1.51. The Kier molecular flexibility index (Phi) is 3.02. The molecule has 0 radical (unpaired) electrons. The van der Waals surface area contributed by atoms with Crippen molar-refractivity contribution in [3.05, 3.63) is 28.6 Å². The van der Waals surface area contributed by atoms with Crippen molar-refractivity contribution < 1.29 is 5.11 Å². The molecule has 0 aliphatic carbocycles. The number of fused-ring (bicyclic) bond motifs is 1. The molecule has 14 heavy (non-hydrogen) atoms. The molecule has 2 aromatic rings. The number of rotatable bonds is 2. The predicted octanol–water partition coefficient (Wildman–Crippen LogP) is 3.42. The molecule has 0 saturated heterocycles. The number of aliphatic hydroxyl groups excluding tert-OH is 1. The quantitative estimate of drug-likeness (QED) is 0.613. The summed E-state index contributed by atoms with van der Waals surface area (Å²) in [5, 5.41) is 10.3. The summed E-state index contributed by atoms with van der Waals surface area (Å²) in [7, 11) is 0. The van der Waals surface area contributed by atoms with Crippen LogP contribution in [0, 0.1) is 0 Å². The van der Waals surface area contributed by atoms with Gasteiger partial charge in [0.15, 0.2) is 0 Å². The van der Waals surface area contributed by atoms with Gasteiger partial charge in [0, 0.05) is 25.7 Å². The molecule has 0 aliphatic rings. The van der Waals surface area contributed by atoms with Crippen molar-refractivity contribution in [1.29, 1.82) is 0 Å². The number of aliphatic hydroxyl groups is 1. The summed E-state index contributed by atoms with van der Waals surface area (Å²) in [4.78, 5) is 1.87. The van der Waals surface area contributed by atoms with Gasteiger partial charge in [-0.15, -0.1) is 35.6 Å². The first-order valence-corrected chi connectivity index (χ1v) is 5.96. The van der Waals surface area contributed by atoms with Crippen LogP contribution in [0.1, 0.15) is 10.4 Å². The third-order valence-electron chi connectivity index (χ3n) is 2.15. The molecule has 0 atom stereocenters. The van der Waals surface area contributed by atoms with Crippen molar-refractivity contribution in [3.63, 3.8) is 0 Å². The first-order valence-electron chi connectivity index (χ1n) is 4.17. The molecule has 2 rings (SSSR count). The molecule has 0 spiro atoms. The Labute approximate surface area is 96.7 Å². The number of hydrogen-bond acceptors (Lipinski definition) is 3. The van der Waals surface area contributed by atoms with E-state index in [4.69, 9.17) is 16.7 Å². The van der Waals surface area contributed by atoms with Crippen molar-refractivity contribution in [2.75, 3.05) is 0 Å². The van der Waals surface area contributed by atoms with E-state index in [-0.39, 0.29) is 6.61 Å². The van der Waals surface area contributed by atoms with Gasteiger partial charge in [0.05, 0.1) is 6.61 Å². The van der Waals surface area contributed by atoms with E-state index in [1.807, 2.05) is 18.2 Å². The minimum atomic E-state index is 0.0502. The lowest BCUT2D eigenvalue weighted by molar-refractivity contribution is 0.285. The highest BCUT2D eigenvalue weighted by atomic mass is 35.5. The molecule has 0 aliphatic heterocycles. The van der Waals surface area contributed by atoms with Gasteiger partial charge in [-0.2, -0.15) is 0 Å². The molecule has 0 saturated carbocycles. The van der Waals surface area contributed by atoms with Crippen molar-refractivity contribution in [2.45, 2.75) is 17.4 Å². The van der Waals surface area contributed by atoms with Crippen LogP contribution in [0.4, 0.5) is 0 Å². The van der Waals surface area contributed by atoms with Crippen LogP contribution in [-0.2, 0) is 12.5 Å². The molecule has 1 N–H and O–H groups in total. The molecule has 1 nitrogen and oxygen atoms in total. The molecule has 1 aromatic carbocycles. The monoisotopic (exact) mass is 244 g/mol. The first-order chi connectivity index (χ1) is 6.77. The van der Waals surface area contributed by atoms with Gasteiger partial charge in [-0.3, -0.25) is 0 Å². The van der Waals surface area contributed by atoms with E-state index in [1.54, 1.807) is 11.3 Å². The average molecular weight is 245 g/mol. The second-order valence-electron chi connectivity index (χ2n) is 2.95. The van der Waals surface area contributed by atoms with Crippen molar-refractivity contribution in [1.82, 2.24) is 0 Å². The minimum absolute atomic E-state index is 0.0502. The summed E-state index contributed by atoms with van der Waals surface area (Å²) >= 11 is 11.8. The summed E-state index contributed by atoms with van der Waals surface area (Å²) in [6, 6.07) is 5.92. The molecule has 4 heteroatoms. The van der Waals surface area contributed by atoms with E-state index in [0.717, 1.165) is 25.4 Å². The third kappa shape index (κ3) is 1.54. The molecule has 0 bridgehead atoms. The number of hydrogen-bond donors (Lipinski definition) is 2. The van der Waals surface area contributed by atoms with Gasteiger partial charge in [0.1, 0.15) is 0 Å². The molecule has 74 valence electrons. The lowest BCUT2D eigenvalue weighted by Gasteiger charge is -1.98. The largest absolute Gasteiger partial charge is 0.391 e. The number of halogens is 1. The molecule has 0 unspecified atom stereocenters. The van der Waals surface area contributed by atoms with E-state index in [0.29, 0.717) is 5.88 Å². The molecule has 0 amide bonds. The van der Waals surface area contributed by atoms with E-state index in [9.17, 15) is 0 Å². The third-order valence-corrected chi connectivity index (χ3v) is 3.97. The van der Waals surface area contributed by atoms with Crippen LogP contribution >= 0.6 is 35.6 Å². The zero-order valence-corrected chi connectivity index (χ0v) is 9.79. The Morgan fingerprint density at radius 2 is 2.21 bits per heavy atom. The summed E-state index contributed by atoms with van der Waals surface area (Å²) in [5.74, 6) is 0.424. The Balaban J connectivity index is 2.81. The second kappa shape index (κ2) is 4.11. The highest BCUT2D eigenvalue weighted by Gasteiger charge is 2.12. The van der Waals surface area contributed by atoms with Crippen molar-refractivity contribution in [3.8, 4) is 0 Å². The SMILES string of the molecule is OCc1sc2cccc(S)c2c1CCl. The molecular weight excluding hydrogens is 236 g/mol. The van der Waals surface area contributed by atoms with E-state index in [2.05, 4.69) is 12.6 Å². The number of alkyl halides is 1. The highest BCUT2D eigenvalue weighted by molar-refractivity contribution is 7.80. The standard InChI is InChI=1S/C10H9ClOS2/c11-4-6-9(5-12)14-8-3-1-2-7(13)10(6)8/h1-3,12-13H,4-5H2. The lowest BCUT2D eigenvalue weighted by Crippen LogP contribution is -1.84.